The van der Waals surface area contributed by atoms with Gasteiger partial charge in [0.2, 0.25) is 0 Å². The zero-order chi connectivity index (χ0) is 13.8. The van der Waals surface area contributed by atoms with Crippen molar-refractivity contribution in [3.8, 4) is 11.8 Å². The van der Waals surface area contributed by atoms with Crippen LogP contribution in [0.1, 0.15) is 25.3 Å². The molecule has 1 aliphatic rings. The highest BCUT2D eigenvalue weighted by atomic mass is 16.5. The highest BCUT2D eigenvalue weighted by molar-refractivity contribution is 5.81. The quantitative estimate of drug-likeness (QED) is 0.845. The summed E-state index contributed by atoms with van der Waals surface area (Å²) in [7, 11) is 0. The number of carbonyl (C=O) groups excluding carboxylic acids is 1. The maximum absolute atomic E-state index is 11.8. The number of rotatable bonds is 4. The lowest BCUT2D eigenvalue weighted by Crippen LogP contribution is -2.50. The second kappa shape index (κ2) is 5.72. The summed E-state index contributed by atoms with van der Waals surface area (Å²) < 4.78 is 5.49. The monoisotopic (exact) mass is 260 g/mol. The van der Waals surface area contributed by atoms with Gasteiger partial charge in [0, 0.05) is 6.04 Å². The van der Waals surface area contributed by atoms with Crippen LogP contribution < -0.4 is 10.1 Å². The van der Waals surface area contributed by atoms with Gasteiger partial charge in [0.15, 0.2) is 6.10 Å². The maximum atomic E-state index is 11.8. The van der Waals surface area contributed by atoms with Gasteiger partial charge in [-0.1, -0.05) is 0 Å². The van der Waals surface area contributed by atoms with Gasteiger partial charge in [-0.3, -0.25) is 4.79 Å². The third-order valence-corrected chi connectivity index (χ3v) is 3.13. The summed E-state index contributed by atoms with van der Waals surface area (Å²) in [5.41, 5.74) is 0.549. The van der Waals surface area contributed by atoms with Crippen LogP contribution >= 0.6 is 0 Å². The average Bonchev–Trinajstić information content (AvgIpc) is 2.37. The van der Waals surface area contributed by atoms with E-state index in [-0.39, 0.29) is 18.1 Å². The highest BCUT2D eigenvalue weighted by Gasteiger charge is 2.29. The largest absolute Gasteiger partial charge is 0.481 e. The Kier molecular flexibility index (Phi) is 4.03. The molecule has 2 N–H and O–H groups in total. The second-order valence-corrected chi connectivity index (χ2v) is 4.73. The molecule has 0 aliphatic heterocycles. The first-order valence-corrected chi connectivity index (χ1v) is 6.23. The molecule has 2 rings (SSSR count). The van der Waals surface area contributed by atoms with E-state index in [1.807, 2.05) is 6.07 Å². The summed E-state index contributed by atoms with van der Waals surface area (Å²) >= 11 is 0. The van der Waals surface area contributed by atoms with Gasteiger partial charge in [0.25, 0.3) is 5.91 Å². The molecule has 19 heavy (non-hydrogen) atoms. The molecule has 100 valence electrons. The van der Waals surface area contributed by atoms with E-state index in [1.165, 1.54) is 0 Å². The van der Waals surface area contributed by atoms with Crippen LogP contribution in [0, 0.1) is 11.3 Å². The molecule has 0 heterocycles. The fourth-order valence-corrected chi connectivity index (χ4v) is 1.89. The van der Waals surface area contributed by atoms with Crippen molar-refractivity contribution in [1.82, 2.24) is 5.32 Å². The molecule has 1 aliphatic carbocycles. The molecule has 1 saturated carbocycles. The Balaban J connectivity index is 1.84. The van der Waals surface area contributed by atoms with E-state index in [9.17, 15) is 4.79 Å². The molecule has 0 spiro atoms. The van der Waals surface area contributed by atoms with Crippen LogP contribution in [0.15, 0.2) is 24.3 Å². The number of carbonyl (C=O) groups is 1. The smallest absolute Gasteiger partial charge is 0.260 e. The summed E-state index contributed by atoms with van der Waals surface area (Å²) in [6, 6.07) is 8.67. The first-order chi connectivity index (χ1) is 9.08. The summed E-state index contributed by atoms with van der Waals surface area (Å²) in [5.74, 6) is 0.358. The van der Waals surface area contributed by atoms with Gasteiger partial charge in [0.1, 0.15) is 5.75 Å². The molecule has 5 heteroatoms. The lowest BCUT2D eigenvalue weighted by atomic mass is 9.89. The molecule has 1 aromatic rings. The predicted molar refractivity (Wildman–Crippen MR) is 68.4 cm³/mol. The molecule has 0 radical (unpaired) electrons. The topological polar surface area (TPSA) is 82.3 Å². The molecule has 1 aromatic carbocycles. The number of nitrogens with one attached hydrogen (secondary N) is 1. The highest BCUT2D eigenvalue weighted by Crippen LogP contribution is 2.20. The average molecular weight is 260 g/mol. The summed E-state index contributed by atoms with van der Waals surface area (Å²) in [6.45, 7) is 1.67. The fraction of sp³-hybridized carbons (Fsp3) is 0.429. The molecular formula is C14H16N2O3. The summed E-state index contributed by atoms with van der Waals surface area (Å²) in [6.07, 6.45) is 0.315. The van der Waals surface area contributed by atoms with E-state index in [0.29, 0.717) is 24.2 Å². The van der Waals surface area contributed by atoms with Gasteiger partial charge in [-0.05, 0) is 44.0 Å². The van der Waals surface area contributed by atoms with E-state index in [2.05, 4.69) is 5.32 Å². The van der Waals surface area contributed by atoms with E-state index in [0.717, 1.165) is 0 Å². The van der Waals surface area contributed by atoms with Crippen LogP contribution in [0.5, 0.6) is 5.75 Å². The van der Waals surface area contributed by atoms with Gasteiger partial charge in [0.05, 0.1) is 17.7 Å². The summed E-state index contributed by atoms with van der Waals surface area (Å²) in [5, 5.41) is 20.6. The third kappa shape index (κ3) is 3.46. The standard InChI is InChI=1S/C14H16N2O3/c1-9(14(18)16-11-6-12(17)7-11)19-13-4-2-10(8-15)3-5-13/h2-5,9,11-12,17H,6-7H2,1H3,(H,16,18). The number of hydrogen-bond acceptors (Lipinski definition) is 4. The molecule has 1 fully saturated rings. The van der Waals surface area contributed by atoms with Crippen molar-refractivity contribution in [2.75, 3.05) is 0 Å². The van der Waals surface area contributed by atoms with Crippen LogP contribution in [0.25, 0.3) is 0 Å². The van der Waals surface area contributed by atoms with E-state index < -0.39 is 6.10 Å². The van der Waals surface area contributed by atoms with Crippen LogP contribution in [0.3, 0.4) is 0 Å². The lowest BCUT2D eigenvalue weighted by Gasteiger charge is -2.32. The number of aliphatic hydroxyl groups excluding tert-OH is 1. The van der Waals surface area contributed by atoms with E-state index in [1.54, 1.807) is 31.2 Å². The molecule has 0 aromatic heterocycles. The second-order valence-electron chi connectivity index (χ2n) is 4.73. The number of hydrogen-bond donors (Lipinski definition) is 2. The van der Waals surface area contributed by atoms with Crippen LogP contribution in [-0.2, 0) is 4.79 Å². The predicted octanol–water partition coefficient (Wildman–Crippen LogP) is 0.965. The van der Waals surface area contributed by atoms with Crippen molar-refractivity contribution in [3.05, 3.63) is 29.8 Å². The zero-order valence-corrected chi connectivity index (χ0v) is 10.7. The van der Waals surface area contributed by atoms with Crippen LogP contribution in [-0.4, -0.2) is 29.3 Å². The van der Waals surface area contributed by atoms with Crippen molar-refractivity contribution in [3.63, 3.8) is 0 Å². The Morgan fingerprint density at radius 3 is 2.63 bits per heavy atom. The van der Waals surface area contributed by atoms with Gasteiger partial charge >= 0.3 is 0 Å². The Hall–Kier alpha value is -2.06. The van der Waals surface area contributed by atoms with Crippen molar-refractivity contribution < 1.29 is 14.6 Å². The number of aliphatic hydroxyl groups is 1. The number of ether oxygens (including phenoxy) is 1. The van der Waals surface area contributed by atoms with Crippen molar-refractivity contribution in [2.45, 2.75) is 38.0 Å². The van der Waals surface area contributed by atoms with Crippen molar-refractivity contribution in [2.24, 2.45) is 0 Å². The Bertz CT molecular complexity index is 486. The minimum Gasteiger partial charge on any atom is -0.481 e. The molecule has 5 nitrogen and oxygen atoms in total. The van der Waals surface area contributed by atoms with Crippen LogP contribution in [0.4, 0.5) is 0 Å². The number of nitrogens with zero attached hydrogens (tertiary/aromatic N) is 1. The lowest BCUT2D eigenvalue weighted by molar-refractivity contribution is -0.129. The molecule has 1 unspecified atom stereocenters. The first-order valence-electron chi connectivity index (χ1n) is 6.23. The number of benzene rings is 1. The third-order valence-electron chi connectivity index (χ3n) is 3.13. The Labute approximate surface area is 111 Å². The fourth-order valence-electron chi connectivity index (χ4n) is 1.89. The van der Waals surface area contributed by atoms with Gasteiger partial charge in [-0.2, -0.15) is 5.26 Å². The Morgan fingerprint density at radius 2 is 2.11 bits per heavy atom. The Morgan fingerprint density at radius 1 is 1.47 bits per heavy atom. The zero-order valence-electron chi connectivity index (χ0n) is 10.7. The number of nitriles is 1. The molecule has 1 amide bonds. The van der Waals surface area contributed by atoms with E-state index >= 15 is 0 Å². The number of amides is 1. The SMILES string of the molecule is CC(Oc1ccc(C#N)cc1)C(=O)NC1CC(O)C1. The minimum atomic E-state index is -0.606. The van der Waals surface area contributed by atoms with Gasteiger partial charge < -0.3 is 15.2 Å². The van der Waals surface area contributed by atoms with Gasteiger partial charge in [-0.25, -0.2) is 0 Å². The molecule has 0 bridgehead atoms. The maximum Gasteiger partial charge on any atom is 0.260 e. The normalized spacial score (nSPS) is 22.8. The molecular weight excluding hydrogens is 244 g/mol. The van der Waals surface area contributed by atoms with Gasteiger partial charge in [-0.15, -0.1) is 0 Å². The molecule has 1 atom stereocenters. The summed E-state index contributed by atoms with van der Waals surface area (Å²) in [4.78, 5) is 11.8. The van der Waals surface area contributed by atoms with Crippen molar-refractivity contribution >= 4 is 5.91 Å². The van der Waals surface area contributed by atoms with Crippen LogP contribution in [0.2, 0.25) is 0 Å². The van der Waals surface area contributed by atoms with E-state index in [4.69, 9.17) is 15.1 Å². The molecule has 0 saturated heterocycles. The van der Waals surface area contributed by atoms with Crippen molar-refractivity contribution in [1.29, 1.82) is 5.26 Å². The minimum absolute atomic E-state index is 0.0505. The first kappa shape index (κ1) is 13.4.